The van der Waals surface area contributed by atoms with E-state index in [1.807, 2.05) is 13.8 Å². The minimum atomic E-state index is -2.91. The number of nitrogens with one attached hydrogen (secondary N) is 1. The number of hydrogen-bond acceptors (Lipinski definition) is 6. The quantitative estimate of drug-likeness (QED) is 0.458. The van der Waals surface area contributed by atoms with E-state index < -0.39 is 15.4 Å². The minimum absolute atomic E-state index is 0.177. The number of hydrogen-bond donors (Lipinski definition) is 1. The summed E-state index contributed by atoms with van der Waals surface area (Å²) in [4.78, 5) is 12.0. The molecule has 0 spiro atoms. The van der Waals surface area contributed by atoms with E-state index in [-0.39, 0.29) is 11.7 Å². The van der Waals surface area contributed by atoms with E-state index in [1.165, 1.54) is 6.26 Å². The van der Waals surface area contributed by atoms with Crippen LogP contribution < -0.4 is 5.32 Å². The predicted octanol–water partition coefficient (Wildman–Crippen LogP) is 1.48. The average Bonchev–Trinajstić information content (AvgIpc) is 2.35. The second-order valence-corrected chi connectivity index (χ2v) is 8.46. The van der Waals surface area contributed by atoms with Gasteiger partial charge in [-0.3, -0.25) is 4.79 Å². The second kappa shape index (κ2) is 9.63. The van der Waals surface area contributed by atoms with Gasteiger partial charge in [0.15, 0.2) is 0 Å². The van der Waals surface area contributed by atoms with E-state index in [9.17, 15) is 13.2 Å². The van der Waals surface area contributed by atoms with Gasteiger partial charge >= 0.3 is 5.97 Å². The lowest BCUT2D eigenvalue weighted by atomic mass is 9.99. The molecule has 1 N–H and O–H groups in total. The third-order valence-electron chi connectivity index (χ3n) is 2.84. The standard InChI is InChI=1S/C13H27NO4S2/c1-5-8-14-13(3,12(15)18-6-2)7-9-19-10-11-20(4,16)17/h14H,5-11H2,1-4H3. The summed E-state index contributed by atoms with van der Waals surface area (Å²) >= 11 is 1.55. The van der Waals surface area contributed by atoms with Crippen LogP contribution in [0.25, 0.3) is 0 Å². The van der Waals surface area contributed by atoms with Gasteiger partial charge in [-0.2, -0.15) is 11.8 Å². The number of esters is 1. The van der Waals surface area contributed by atoms with Crippen molar-refractivity contribution in [2.75, 3.05) is 36.7 Å². The molecule has 0 heterocycles. The van der Waals surface area contributed by atoms with Crippen LogP contribution in [0, 0.1) is 0 Å². The monoisotopic (exact) mass is 325 g/mol. The molecule has 0 aromatic rings. The van der Waals surface area contributed by atoms with Crippen molar-refractivity contribution < 1.29 is 17.9 Å². The van der Waals surface area contributed by atoms with Crippen molar-refractivity contribution in [2.45, 2.75) is 39.2 Å². The smallest absolute Gasteiger partial charge is 0.326 e. The fourth-order valence-corrected chi connectivity index (χ4v) is 3.98. The lowest BCUT2D eigenvalue weighted by Gasteiger charge is -2.28. The lowest BCUT2D eigenvalue weighted by molar-refractivity contribution is -0.150. The van der Waals surface area contributed by atoms with Crippen molar-refractivity contribution in [3.8, 4) is 0 Å². The molecular weight excluding hydrogens is 298 g/mol. The van der Waals surface area contributed by atoms with Crippen LogP contribution in [0.4, 0.5) is 0 Å². The molecule has 0 bridgehead atoms. The molecule has 0 rings (SSSR count). The average molecular weight is 325 g/mol. The summed E-state index contributed by atoms with van der Waals surface area (Å²) in [6.07, 6.45) is 2.80. The zero-order valence-corrected chi connectivity index (χ0v) is 14.5. The first-order valence-electron chi connectivity index (χ1n) is 6.93. The first-order chi connectivity index (χ1) is 9.25. The maximum absolute atomic E-state index is 12.0. The van der Waals surface area contributed by atoms with E-state index in [0.29, 0.717) is 18.8 Å². The number of sulfone groups is 1. The highest BCUT2D eigenvalue weighted by Gasteiger charge is 2.33. The SMILES string of the molecule is CCCNC(C)(CCSCCS(C)(=O)=O)C(=O)OCC. The highest BCUT2D eigenvalue weighted by molar-refractivity contribution is 8.00. The molecule has 0 aromatic heterocycles. The van der Waals surface area contributed by atoms with Gasteiger partial charge in [0.1, 0.15) is 15.4 Å². The molecule has 20 heavy (non-hydrogen) atoms. The Balaban J connectivity index is 4.26. The maximum atomic E-state index is 12.0. The van der Waals surface area contributed by atoms with Crippen molar-refractivity contribution in [1.29, 1.82) is 0 Å². The van der Waals surface area contributed by atoms with E-state index in [1.54, 1.807) is 18.7 Å². The predicted molar refractivity (Wildman–Crippen MR) is 85.0 cm³/mol. The van der Waals surface area contributed by atoms with Crippen LogP contribution in [-0.2, 0) is 19.4 Å². The molecule has 0 aliphatic heterocycles. The van der Waals surface area contributed by atoms with Crippen LogP contribution >= 0.6 is 11.8 Å². The molecule has 1 atom stereocenters. The molecule has 0 amide bonds. The third-order valence-corrected chi connectivity index (χ3v) is 5.03. The van der Waals surface area contributed by atoms with Crippen molar-refractivity contribution >= 4 is 27.6 Å². The number of carbonyl (C=O) groups excluding carboxylic acids is 1. The Morgan fingerprint density at radius 1 is 1.30 bits per heavy atom. The van der Waals surface area contributed by atoms with Crippen LogP contribution in [0.15, 0.2) is 0 Å². The van der Waals surface area contributed by atoms with Crippen LogP contribution in [-0.4, -0.2) is 56.6 Å². The fourth-order valence-electron chi connectivity index (χ4n) is 1.54. The summed E-state index contributed by atoms with van der Waals surface area (Å²) in [5.74, 6) is 1.22. The number of thioether (sulfide) groups is 1. The second-order valence-electron chi connectivity index (χ2n) is 4.97. The van der Waals surface area contributed by atoms with Crippen molar-refractivity contribution in [3.05, 3.63) is 0 Å². The molecule has 0 aliphatic rings. The largest absolute Gasteiger partial charge is 0.465 e. The molecule has 0 radical (unpaired) electrons. The number of carbonyl (C=O) groups is 1. The third kappa shape index (κ3) is 8.81. The number of ether oxygens (including phenoxy) is 1. The fraction of sp³-hybridized carbons (Fsp3) is 0.923. The summed E-state index contributed by atoms with van der Waals surface area (Å²) < 4.78 is 27.2. The van der Waals surface area contributed by atoms with Crippen molar-refractivity contribution in [2.24, 2.45) is 0 Å². The summed E-state index contributed by atoms with van der Waals surface area (Å²) in [7, 11) is -2.91. The van der Waals surface area contributed by atoms with Crippen LogP contribution in [0.1, 0.15) is 33.6 Å². The molecule has 0 saturated heterocycles. The van der Waals surface area contributed by atoms with Crippen molar-refractivity contribution in [1.82, 2.24) is 5.32 Å². The van der Waals surface area contributed by atoms with Crippen molar-refractivity contribution in [3.63, 3.8) is 0 Å². The van der Waals surface area contributed by atoms with Gasteiger partial charge in [-0.15, -0.1) is 0 Å². The Bertz CT molecular complexity index is 384. The van der Waals surface area contributed by atoms with Crippen LogP contribution in [0.2, 0.25) is 0 Å². The summed E-state index contributed by atoms with van der Waals surface area (Å²) in [6, 6.07) is 0. The van der Waals surface area contributed by atoms with Gasteiger partial charge in [-0.25, -0.2) is 8.42 Å². The summed E-state index contributed by atoms with van der Waals surface area (Å²) in [6.45, 7) is 6.79. The minimum Gasteiger partial charge on any atom is -0.465 e. The van der Waals surface area contributed by atoms with E-state index in [4.69, 9.17) is 4.74 Å². The molecule has 120 valence electrons. The first kappa shape index (κ1) is 19.7. The lowest BCUT2D eigenvalue weighted by Crippen LogP contribution is -2.51. The van der Waals surface area contributed by atoms with Crippen LogP contribution in [0.5, 0.6) is 0 Å². The molecule has 0 saturated carbocycles. The van der Waals surface area contributed by atoms with Gasteiger partial charge < -0.3 is 10.1 Å². The van der Waals surface area contributed by atoms with E-state index in [2.05, 4.69) is 5.32 Å². The summed E-state index contributed by atoms with van der Waals surface area (Å²) in [5, 5.41) is 3.23. The van der Waals surface area contributed by atoms with Gasteiger partial charge in [0, 0.05) is 12.0 Å². The maximum Gasteiger partial charge on any atom is 0.326 e. The zero-order chi connectivity index (χ0) is 15.6. The molecule has 7 heteroatoms. The number of rotatable bonds is 11. The molecule has 0 aromatic carbocycles. The highest BCUT2D eigenvalue weighted by Crippen LogP contribution is 2.17. The molecule has 1 unspecified atom stereocenters. The summed E-state index contributed by atoms with van der Waals surface area (Å²) in [5.41, 5.74) is -0.690. The first-order valence-corrected chi connectivity index (χ1v) is 10.1. The Labute approximate surface area is 127 Å². The Hall–Kier alpha value is -0.270. The normalized spacial score (nSPS) is 14.8. The van der Waals surface area contributed by atoms with Gasteiger partial charge in [0.05, 0.1) is 12.4 Å². The molecule has 0 fully saturated rings. The Morgan fingerprint density at radius 3 is 2.45 bits per heavy atom. The molecule has 5 nitrogen and oxygen atoms in total. The van der Waals surface area contributed by atoms with Gasteiger partial charge in [-0.1, -0.05) is 6.92 Å². The van der Waals surface area contributed by atoms with Gasteiger partial charge in [0.2, 0.25) is 0 Å². The zero-order valence-electron chi connectivity index (χ0n) is 12.9. The van der Waals surface area contributed by atoms with Crippen LogP contribution in [0.3, 0.4) is 0 Å². The van der Waals surface area contributed by atoms with E-state index in [0.717, 1.165) is 18.7 Å². The Kier molecular flexibility index (Phi) is 9.50. The van der Waals surface area contributed by atoms with Gasteiger partial charge in [-0.05, 0) is 39.0 Å². The van der Waals surface area contributed by atoms with E-state index >= 15 is 0 Å². The topological polar surface area (TPSA) is 72.5 Å². The molecule has 0 aliphatic carbocycles. The Morgan fingerprint density at radius 2 is 1.95 bits per heavy atom. The highest BCUT2D eigenvalue weighted by atomic mass is 32.2. The van der Waals surface area contributed by atoms with Gasteiger partial charge in [0.25, 0.3) is 0 Å². The molecular formula is C13H27NO4S2.